The summed E-state index contributed by atoms with van der Waals surface area (Å²) in [7, 11) is 0. The minimum atomic E-state index is -0.707. The van der Waals surface area contributed by atoms with Crippen LogP contribution in [0.5, 0.6) is 0 Å². The summed E-state index contributed by atoms with van der Waals surface area (Å²) < 4.78 is 0. The topological polar surface area (TPSA) is 85.1 Å². The van der Waals surface area contributed by atoms with Crippen LogP contribution in [-0.2, 0) is 10.2 Å². The van der Waals surface area contributed by atoms with Gasteiger partial charge in [-0.2, -0.15) is 0 Å². The number of hydrogen-bond donors (Lipinski definition) is 1. The lowest BCUT2D eigenvalue weighted by Gasteiger charge is -2.21. The minimum absolute atomic E-state index is 0.286. The van der Waals surface area contributed by atoms with Crippen LogP contribution in [0.2, 0.25) is 5.02 Å². The maximum atomic E-state index is 11.9. The summed E-state index contributed by atoms with van der Waals surface area (Å²) in [5, 5.41) is 14.3. The van der Waals surface area contributed by atoms with Gasteiger partial charge in [0.2, 0.25) is 12.5 Å². The number of halogens is 2. The minimum Gasteiger partial charge on any atom is -0.301 e. The van der Waals surface area contributed by atoms with Gasteiger partial charge in [0.1, 0.15) is 5.38 Å². The van der Waals surface area contributed by atoms with E-state index in [0.717, 1.165) is 10.4 Å². The smallest absolute Gasteiger partial charge is 0.243 e. The van der Waals surface area contributed by atoms with Crippen molar-refractivity contribution >= 4 is 45.6 Å². The monoisotopic (exact) mass is 429 g/mol. The molecule has 1 amide bonds. The van der Waals surface area contributed by atoms with E-state index < -0.39 is 11.3 Å². The predicted molar refractivity (Wildman–Crippen MR) is 110 cm³/mol. The van der Waals surface area contributed by atoms with Crippen molar-refractivity contribution in [3.63, 3.8) is 0 Å². The molecule has 0 saturated carbocycles. The number of anilines is 1. The van der Waals surface area contributed by atoms with Crippen molar-refractivity contribution in [2.75, 3.05) is 11.9 Å². The van der Waals surface area contributed by atoms with Crippen LogP contribution in [0.25, 0.3) is 0 Å². The Morgan fingerprint density at radius 2 is 1.93 bits per heavy atom. The number of thiazole rings is 1. The fourth-order valence-corrected chi connectivity index (χ4v) is 4.03. The van der Waals surface area contributed by atoms with E-state index >= 15 is 0 Å². The molecule has 0 saturated heterocycles. The van der Waals surface area contributed by atoms with E-state index in [-0.39, 0.29) is 22.8 Å². The molecule has 6 nitrogen and oxygen atoms in total. The van der Waals surface area contributed by atoms with Crippen molar-refractivity contribution in [1.29, 1.82) is 0 Å². The predicted octanol–water partition coefficient (Wildman–Crippen LogP) is 5.07. The molecule has 1 aromatic carbocycles. The Bertz CT molecular complexity index is 829. The van der Waals surface area contributed by atoms with Crippen LogP contribution in [0.1, 0.15) is 49.7 Å². The molecular weight excluding hydrogens is 409 g/mol. The molecule has 1 N–H and O–H groups in total. The molecule has 0 spiro atoms. The summed E-state index contributed by atoms with van der Waals surface area (Å²) in [4.78, 5) is 28.2. The molecular formula is C18H21Cl2N3O3S. The van der Waals surface area contributed by atoms with Gasteiger partial charge in [0.05, 0.1) is 11.6 Å². The average molecular weight is 430 g/mol. The Balaban J connectivity index is 2.55. The number of nitro groups is 1. The highest BCUT2D eigenvalue weighted by molar-refractivity contribution is 7.16. The normalized spacial score (nSPS) is 13.9. The van der Waals surface area contributed by atoms with Crippen LogP contribution in [0.15, 0.2) is 24.3 Å². The van der Waals surface area contributed by atoms with E-state index in [4.69, 9.17) is 23.2 Å². The molecule has 2 aromatic rings. The molecule has 1 aromatic heterocycles. The highest BCUT2D eigenvalue weighted by atomic mass is 35.5. The zero-order valence-electron chi connectivity index (χ0n) is 15.5. The average Bonchev–Trinajstić information content (AvgIpc) is 2.97. The molecule has 2 atom stereocenters. The molecule has 0 radical (unpaired) electrons. The molecule has 0 aliphatic carbocycles. The first-order chi connectivity index (χ1) is 12.5. The molecule has 2 unspecified atom stereocenters. The van der Waals surface area contributed by atoms with Gasteiger partial charge < -0.3 is 5.32 Å². The summed E-state index contributed by atoms with van der Waals surface area (Å²) >= 11 is 13.0. The van der Waals surface area contributed by atoms with Gasteiger partial charge in [0.15, 0.2) is 5.13 Å². The van der Waals surface area contributed by atoms with Gasteiger partial charge in [0, 0.05) is 20.2 Å². The van der Waals surface area contributed by atoms with Gasteiger partial charge in [-0.3, -0.25) is 14.9 Å². The summed E-state index contributed by atoms with van der Waals surface area (Å²) in [5.41, 5.74) is 1.13. The highest BCUT2D eigenvalue weighted by Gasteiger charge is 2.32. The third kappa shape index (κ3) is 5.64. The molecule has 0 bridgehead atoms. The molecule has 1 heterocycles. The maximum Gasteiger partial charge on any atom is 0.243 e. The first-order valence-electron chi connectivity index (χ1n) is 8.32. The van der Waals surface area contributed by atoms with Crippen LogP contribution in [0.4, 0.5) is 5.13 Å². The fourth-order valence-electron chi connectivity index (χ4n) is 2.55. The zero-order chi connectivity index (χ0) is 20.4. The number of hydrogen-bond acceptors (Lipinski definition) is 5. The van der Waals surface area contributed by atoms with Gasteiger partial charge in [0.25, 0.3) is 0 Å². The molecule has 2 rings (SSSR count). The van der Waals surface area contributed by atoms with Gasteiger partial charge in [-0.25, -0.2) is 4.98 Å². The Morgan fingerprint density at radius 1 is 1.33 bits per heavy atom. The van der Waals surface area contributed by atoms with Crippen LogP contribution >= 0.6 is 34.5 Å². The quantitative estimate of drug-likeness (QED) is 0.394. The van der Waals surface area contributed by atoms with Gasteiger partial charge in [-0.15, -0.1) is 22.9 Å². The molecule has 9 heteroatoms. The number of alkyl halides is 1. The lowest BCUT2D eigenvalue weighted by Crippen LogP contribution is -2.21. The van der Waals surface area contributed by atoms with Crippen LogP contribution in [-0.4, -0.2) is 27.7 Å². The summed E-state index contributed by atoms with van der Waals surface area (Å²) in [6.45, 7) is 7.22. The van der Waals surface area contributed by atoms with Gasteiger partial charge in [-0.1, -0.05) is 44.5 Å². The van der Waals surface area contributed by atoms with E-state index in [2.05, 4.69) is 10.3 Å². The van der Waals surface area contributed by atoms with Crippen molar-refractivity contribution in [3.8, 4) is 0 Å². The van der Waals surface area contributed by atoms with Crippen LogP contribution in [0, 0.1) is 10.1 Å². The Kier molecular flexibility index (Phi) is 6.83. The number of carbonyl (C=O) groups excluding carboxylic acids is 1. The van der Waals surface area contributed by atoms with E-state index in [0.29, 0.717) is 15.8 Å². The standard InChI is InChI=1S/C18H21Cl2N3O3S/c1-10(19)16(24)22-17-21-15(18(2,3)4)14(27-17)13(9-23(25)26)11-5-7-12(20)8-6-11/h5-8,10,13H,9H2,1-4H3,(H,21,22,24). The summed E-state index contributed by atoms with van der Waals surface area (Å²) in [6.07, 6.45) is 0. The van der Waals surface area contributed by atoms with Crippen molar-refractivity contribution in [2.24, 2.45) is 0 Å². The van der Waals surface area contributed by atoms with Gasteiger partial charge in [-0.05, 0) is 24.6 Å². The van der Waals surface area contributed by atoms with E-state index in [9.17, 15) is 14.9 Å². The Hall–Kier alpha value is -1.70. The molecule has 0 aliphatic heterocycles. The molecule has 146 valence electrons. The lowest BCUT2D eigenvalue weighted by atomic mass is 9.86. The van der Waals surface area contributed by atoms with Crippen molar-refractivity contribution in [1.82, 2.24) is 4.98 Å². The number of benzene rings is 1. The SMILES string of the molecule is CC(Cl)C(=O)Nc1nc(C(C)(C)C)c(C(C[N+](=O)[O-])c2ccc(Cl)cc2)s1. The number of aromatic nitrogens is 1. The molecule has 0 fully saturated rings. The number of nitrogens with one attached hydrogen (secondary N) is 1. The first-order valence-corrected chi connectivity index (χ1v) is 9.95. The third-order valence-electron chi connectivity index (χ3n) is 3.88. The third-order valence-corrected chi connectivity index (χ3v) is 5.41. The number of rotatable bonds is 6. The van der Waals surface area contributed by atoms with Crippen molar-refractivity contribution in [2.45, 2.75) is 44.4 Å². The van der Waals surface area contributed by atoms with E-state index in [1.165, 1.54) is 11.3 Å². The van der Waals surface area contributed by atoms with Crippen LogP contribution < -0.4 is 5.32 Å². The van der Waals surface area contributed by atoms with Crippen molar-refractivity contribution < 1.29 is 9.72 Å². The Labute approximate surface area is 172 Å². The van der Waals surface area contributed by atoms with Crippen molar-refractivity contribution in [3.05, 3.63) is 55.5 Å². The lowest BCUT2D eigenvalue weighted by molar-refractivity contribution is -0.481. The molecule has 0 aliphatic rings. The van der Waals surface area contributed by atoms with Gasteiger partial charge >= 0.3 is 0 Å². The highest BCUT2D eigenvalue weighted by Crippen LogP contribution is 2.40. The second-order valence-corrected chi connectivity index (χ2v) is 9.33. The molecule has 27 heavy (non-hydrogen) atoms. The summed E-state index contributed by atoms with van der Waals surface area (Å²) in [5.74, 6) is -0.863. The van der Waals surface area contributed by atoms with Crippen LogP contribution in [0.3, 0.4) is 0 Å². The fraction of sp³-hybridized carbons (Fsp3) is 0.444. The Morgan fingerprint density at radius 3 is 2.41 bits per heavy atom. The second-order valence-electron chi connectivity index (χ2n) is 7.21. The largest absolute Gasteiger partial charge is 0.301 e. The van der Waals surface area contributed by atoms with E-state index in [1.54, 1.807) is 31.2 Å². The maximum absolute atomic E-state index is 11.9. The van der Waals surface area contributed by atoms with E-state index in [1.807, 2.05) is 20.8 Å². The summed E-state index contributed by atoms with van der Waals surface area (Å²) in [6, 6.07) is 6.97. The number of carbonyl (C=O) groups is 1. The number of nitrogens with zero attached hydrogens (tertiary/aromatic N) is 2. The first kappa shape index (κ1) is 21.6. The second kappa shape index (κ2) is 8.54. The number of amides is 1. The zero-order valence-corrected chi connectivity index (χ0v) is 17.8.